The molecule has 0 aliphatic carbocycles. The third-order valence-corrected chi connectivity index (χ3v) is 5.26. The highest BCUT2D eigenvalue weighted by Crippen LogP contribution is 2.29. The van der Waals surface area contributed by atoms with Gasteiger partial charge in [0.2, 0.25) is 5.91 Å². The lowest BCUT2D eigenvalue weighted by molar-refractivity contribution is -0.119. The number of hydrogen-bond acceptors (Lipinski definition) is 3. The summed E-state index contributed by atoms with van der Waals surface area (Å²) in [6.45, 7) is 5.73. The van der Waals surface area contributed by atoms with Crippen LogP contribution in [0.5, 0.6) is 0 Å². The summed E-state index contributed by atoms with van der Waals surface area (Å²) in [4.78, 5) is 26.0. The van der Waals surface area contributed by atoms with E-state index in [0.29, 0.717) is 16.8 Å². The van der Waals surface area contributed by atoms with Crippen molar-refractivity contribution in [3.05, 3.63) is 94.3 Å². The van der Waals surface area contributed by atoms with Crippen LogP contribution in [0.2, 0.25) is 0 Å². The first kappa shape index (κ1) is 19.6. The molecule has 1 atom stereocenters. The highest BCUT2D eigenvalue weighted by atomic mass is 16.2. The van der Waals surface area contributed by atoms with Crippen molar-refractivity contribution >= 4 is 22.4 Å². The molecule has 1 heterocycles. The van der Waals surface area contributed by atoms with Crippen molar-refractivity contribution in [3.63, 3.8) is 0 Å². The van der Waals surface area contributed by atoms with Gasteiger partial charge in [-0.25, -0.2) is 4.68 Å². The first-order valence-electron chi connectivity index (χ1n) is 9.91. The molecule has 5 heteroatoms. The van der Waals surface area contributed by atoms with Crippen LogP contribution in [0, 0.1) is 13.8 Å². The van der Waals surface area contributed by atoms with E-state index in [-0.39, 0.29) is 11.5 Å². The Kier molecular flexibility index (Phi) is 5.19. The second-order valence-electron chi connectivity index (χ2n) is 7.49. The molecule has 0 radical (unpaired) electrons. The monoisotopic (exact) mass is 397 g/mol. The molecule has 0 saturated carbocycles. The number of hydrogen-bond donors (Lipinski definition) is 1. The van der Waals surface area contributed by atoms with Gasteiger partial charge < -0.3 is 5.32 Å². The van der Waals surface area contributed by atoms with Gasteiger partial charge >= 0.3 is 0 Å². The number of nitrogens with zero attached hydrogens (tertiary/aromatic N) is 2. The third-order valence-electron chi connectivity index (χ3n) is 5.26. The smallest absolute Gasteiger partial charge is 0.275 e. The molecule has 0 fully saturated rings. The maximum absolute atomic E-state index is 13.2. The molecule has 1 aromatic heterocycles. The summed E-state index contributed by atoms with van der Waals surface area (Å²) in [6, 6.07) is 22.0. The van der Waals surface area contributed by atoms with Crippen LogP contribution < -0.4 is 10.9 Å². The summed E-state index contributed by atoms with van der Waals surface area (Å²) >= 11 is 0. The Morgan fingerprint density at radius 1 is 0.933 bits per heavy atom. The predicted octanol–water partition coefficient (Wildman–Crippen LogP) is 4.88. The molecular formula is C25H23N3O2. The lowest BCUT2D eigenvalue weighted by Gasteiger charge is -2.18. The number of carbonyl (C=O) groups excluding carboxylic acids is 1. The number of anilines is 1. The van der Waals surface area contributed by atoms with Crippen LogP contribution in [-0.2, 0) is 4.79 Å². The van der Waals surface area contributed by atoms with Gasteiger partial charge in [0.05, 0.1) is 11.1 Å². The second-order valence-corrected chi connectivity index (χ2v) is 7.49. The van der Waals surface area contributed by atoms with Gasteiger partial charge in [0.15, 0.2) is 0 Å². The molecule has 3 aromatic carbocycles. The van der Waals surface area contributed by atoms with E-state index >= 15 is 0 Å². The molecule has 0 saturated heterocycles. The maximum Gasteiger partial charge on any atom is 0.275 e. The zero-order valence-corrected chi connectivity index (χ0v) is 17.2. The maximum atomic E-state index is 13.2. The quantitative estimate of drug-likeness (QED) is 0.534. The molecule has 0 bridgehead atoms. The molecule has 0 unspecified atom stereocenters. The van der Waals surface area contributed by atoms with Crippen molar-refractivity contribution in [2.45, 2.75) is 26.8 Å². The van der Waals surface area contributed by atoms with E-state index in [1.807, 2.05) is 74.5 Å². The summed E-state index contributed by atoms with van der Waals surface area (Å²) in [5.41, 5.74) is 4.22. The third kappa shape index (κ3) is 3.62. The number of nitrogens with one attached hydrogen (secondary N) is 1. The van der Waals surface area contributed by atoms with E-state index in [1.165, 1.54) is 4.68 Å². The molecule has 1 N–H and O–H groups in total. The second kappa shape index (κ2) is 7.95. The molecule has 1 amide bonds. The fourth-order valence-corrected chi connectivity index (χ4v) is 3.54. The minimum Gasteiger partial charge on any atom is -0.324 e. The number of amides is 1. The molecule has 0 spiro atoms. The summed E-state index contributed by atoms with van der Waals surface area (Å²) in [5, 5.41) is 8.86. The van der Waals surface area contributed by atoms with E-state index in [9.17, 15) is 9.59 Å². The number of aryl methyl sites for hydroxylation is 2. The first-order valence-corrected chi connectivity index (χ1v) is 9.91. The number of aromatic nitrogens is 2. The Labute approximate surface area is 175 Å². The van der Waals surface area contributed by atoms with Crippen LogP contribution in [0.25, 0.3) is 22.0 Å². The normalized spacial score (nSPS) is 12.0. The minimum absolute atomic E-state index is 0.282. The predicted molar refractivity (Wildman–Crippen MR) is 121 cm³/mol. The lowest BCUT2D eigenvalue weighted by Crippen LogP contribution is -2.34. The van der Waals surface area contributed by atoms with Crippen molar-refractivity contribution in [2.75, 3.05) is 5.32 Å². The summed E-state index contributed by atoms with van der Waals surface area (Å²) < 4.78 is 1.29. The Morgan fingerprint density at radius 3 is 2.33 bits per heavy atom. The standard InChI is InChI=1S/C25H23N3O2/c1-16-13-14-17(2)22(15-16)23-20-11-7-8-12-21(20)25(30)28(27-23)18(3)24(29)26-19-9-5-4-6-10-19/h4-15,18H,1-3H3,(H,26,29)/t18-/m0/s1. The molecule has 30 heavy (non-hydrogen) atoms. The van der Waals surface area contributed by atoms with E-state index < -0.39 is 6.04 Å². The van der Waals surface area contributed by atoms with Gasteiger partial charge in [-0.05, 0) is 50.6 Å². The van der Waals surface area contributed by atoms with Crippen LogP contribution in [0.15, 0.2) is 77.6 Å². The molecule has 0 aliphatic rings. The topological polar surface area (TPSA) is 64.0 Å². The summed E-state index contributed by atoms with van der Waals surface area (Å²) in [6.07, 6.45) is 0. The summed E-state index contributed by atoms with van der Waals surface area (Å²) in [5.74, 6) is -0.294. The number of fused-ring (bicyclic) bond motifs is 1. The Hall–Kier alpha value is -3.73. The van der Waals surface area contributed by atoms with Gasteiger partial charge in [0, 0.05) is 16.6 Å². The van der Waals surface area contributed by atoms with Gasteiger partial charge in [-0.15, -0.1) is 0 Å². The van der Waals surface area contributed by atoms with Crippen molar-refractivity contribution in [1.29, 1.82) is 0 Å². The van der Waals surface area contributed by atoms with E-state index in [4.69, 9.17) is 0 Å². The highest BCUT2D eigenvalue weighted by molar-refractivity contribution is 5.96. The molecule has 4 aromatic rings. The van der Waals surface area contributed by atoms with E-state index in [1.54, 1.807) is 13.0 Å². The fraction of sp³-hybridized carbons (Fsp3) is 0.160. The Morgan fingerprint density at radius 2 is 1.60 bits per heavy atom. The lowest BCUT2D eigenvalue weighted by atomic mass is 9.99. The van der Waals surface area contributed by atoms with Gasteiger partial charge in [-0.2, -0.15) is 5.10 Å². The van der Waals surface area contributed by atoms with Crippen LogP contribution in [0.1, 0.15) is 24.1 Å². The summed E-state index contributed by atoms with van der Waals surface area (Å²) in [7, 11) is 0. The van der Waals surface area contributed by atoms with Crippen molar-refractivity contribution in [1.82, 2.24) is 9.78 Å². The number of carbonyl (C=O) groups is 1. The van der Waals surface area contributed by atoms with Crippen LogP contribution in [-0.4, -0.2) is 15.7 Å². The average Bonchev–Trinajstić information content (AvgIpc) is 2.76. The zero-order valence-electron chi connectivity index (χ0n) is 17.2. The SMILES string of the molecule is Cc1ccc(C)c(-c2nn([C@@H](C)C(=O)Nc3ccccc3)c(=O)c3ccccc23)c1. The average molecular weight is 397 g/mol. The van der Waals surface area contributed by atoms with Crippen molar-refractivity contribution < 1.29 is 4.79 Å². The van der Waals surface area contributed by atoms with Gasteiger partial charge in [-0.1, -0.05) is 54.1 Å². The zero-order chi connectivity index (χ0) is 21.3. The highest BCUT2D eigenvalue weighted by Gasteiger charge is 2.21. The van der Waals surface area contributed by atoms with Crippen LogP contribution >= 0.6 is 0 Å². The molecule has 5 nitrogen and oxygen atoms in total. The van der Waals surface area contributed by atoms with E-state index in [2.05, 4.69) is 16.5 Å². The largest absolute Gasteiger partial charge is 0.324 e. The molecular weight excluding hydrogens is 374 g/mol. The number of rotatable bonds is 4. The Bertz CT molecular complexity index is 1290. The van der Waals surface area contributed by atoms with Crippen LogP contribution in [0.4, 0.5) is 5.69 Å². The first-order chi connectivity index (χ1) is 14.5. The van der Waals surface area contributed by atoms with Crippen molar-refractivity contribution in [3.8, 4) is 11.3 Å². The van der Waals surface area contributed by atoms with E-state index in [0.717, 1.165) is 22.1 Å². The molecule has 150 valence electrons. The number of para-hydroxylation sites is 1. The molecule has 4 rings (SSSR count). The fourth-order valence-electron chi connectivity index (χ4n) is 3.54. The molecule has 0 aliphatic heterocycles. The van der Waals surface area contributed by atoms with Gasteiger partial charge in [0.1, 0.15) is 6.04 Å². The van der Waals surface area contributed by atoms with Gasteiger partial charge in [0.25, 0.3) is 5.56 Å². The van der Waals surface area contributed by atoms with Crippen LogP contribution in [0.3, 0.4) is 0 Å². The number of benzene rings is 3. The Balaban J connectivity index is 1.86. The minimum atomic E-state index is -0.772. The van der Waals surface area contributed by atoms with Crippen molar-refractivity contribution in [2.24, 2.45) is 0 Å². The van der Waals surface area contributed by atoms with Gasteiger partial charge in [-0.3, -0.25) is 9.59 Å².